The summed E-state index contributed by atoms with van der Waals surface area (Å²) < 4.78 is 4.90. The molecule has 0 spiro atoms. The highest BCUT2D eigenvalue weighted by molar-refractivity contribution is 6.13. The second-order valence-corrected chi connectivity index (χ2v) is 4.25. The molecule has 0 aromatic heterocycles. The Bertz CT molecular complexity index is 547. The smallest absolute Gasteiger partial charge is 0.291 e. The number of hydrogen-bond acceptors (Lipinski definition) is 5. The molecule has 0 saturated heterocycles. The van der Waals surface area contributed by atoms with E-state index in [1.54, 1.807) is 6.92 Å². The Balaban J connectivity index is 2.34. The summed E-state index contributed by atoms with van der Waals surface area (Å²) >= 11 is 0. The van der Waals surface area contributed by atoms with E-state index in [0.717, 1.165) is 17.1 Å². The van der Waals surface area contributed by atoms with E-state index in [2.05, 4.69) is 23.8 Å². The minimum absolute atomic E-state index is 0.0481. The summed E-state index contributed by atoms with van der Waals surface area (Å²) in [5.41, 5.74) is 0. The molecule has 1 heterocycles. The fourth-order valence-corrected chi connectivity index (χ4v) is 1.57. The van der Waals surface area contributed by atoms with Crippen molar-refractivity contribution in [2.45, 2.75) is 13.3 Å². The number of amides is 4. The van der Waals surface area contributed by atoms with Crippen LogP contribution in [0.4, 0.5) is 0 Å². The Morgan fingerprint density at radius 3 is 2.32 bits per heavy atom. The lowest BCUT2D eigenvalue weighted by atomic mass is 10.3. The number of nitrogens with one attached hydrogen (secondary N) is 2. The number of hydrogen-bond donors (Lipinski definition) is 2. The van der Waals surface area contributed by atoms with Gasteiger partial charge in [-0.25, -0.2) is 0 Å². The van der Waals surface area contributed by atoms with Crippen LogP contribution in [0.5, 0.6) is 0 Å². The number of nitrogens with zero attached hydrogens (tertiary/aromatic N) is 1. The first-order valence-electron chi connectivity index (χ1n) is 6.50. The maximum Gasteiger partial charge on any atom is 0.291 e. The zero-order valence-corrected chi connectivity index (χ0v) is 12.2. The van der Waals surface area contributed by atoms with E-state index in [0.29, 0.717) is 0 Å². The zero-order valence-electron chi connectivity index (χ0n) is 12.2. The number of rotatable bonds is 8. The Hall–Kier alpha value is -2.90. The van der Waals surface area contributed by atoms with E-state index in [1.807, 2.05) is 0 Å². The molecule has 1 aliphatic heterocycles. The van der Waals surface area contributed by atoms with Gasteiger partial charge in [0.2, 0.25) is 5.91 Å². The predicted molar refractivity (Wildman–Crippen MR) is 76.7 cm³/mol. The molecule has 0 radical (unpaired) electrons. The van der Waals surface area contributed by atoms with Gasteiger partial charge in [-0.2, -0.15) is 0 Å². The van der Waals surface area contributed by atoms with Crippen molar-refractivity contribution in [2.75, 3.05) is 13.2 Å². The summed E-state index contributed by atoms with van der Waals surface area (Å²) in [4.78, 5) is 46.7. The third-order valence-electron chi connectivity index (χ3n) is 2.59. The van der Waals surface area contributed by atoms with E-state index in [-0.39, 0.29) is 31.2 Å². The molecule has 8 heteroatoms. The first kappa shape index (κ1) is 17.2. The second kappa shape index (κ2) is 7.77. The van der Waals surface area contributed by atoms with Crippen molar-refractivity contribution in [2.24, 2.45) is 0 Å². The van der Waals surface area contributed by atoms with Crippen LogP contribution < -0.4 is 10.6 Å². The van der Waals surface area contributed by atoms with Gasteiger partial charge in [-0.1, -0.05) is 13.2 Å². The SMILES string of the molecule is C=C(NC(=O)CCN1C(=O)C=CC1=O)NC(=O)C(=C)OCC. The highest BCUT2D eigenvalue weighted by atomic mass is 16.5. The maximum atomic E-state index is 11.7. The molecule has 118 valence electrons. The van der Waals surface area contributed by atoms with Gasteiger partial charge in [0.25, 0.3) is 17.7 Å². The first-order valence-corrected chi connectivity index (χ1v) is 6.50. The third kappa shape index (κ3) is 4.89. The molecule has 0 unspecified atom stereocenters. The van der Waals surface area contributed by atoms with Crippen molar-refractivity contribution in [3.8, 4) is 0 Å². The van der Waals surface area contributed by atoms with Crippen LogP contribution >= 0.6 is 0 Å². The van der Waals surface area contributed by atoms with Gasteiger partial charge in [0.1, 0.15) is 5.82 Å². The normalized spacial score (nSPS) is 13.0. The molecule has 0 bridgehead atoms. The largest absolute Gasteiger partial charge is 0.489 e. The molecule has 0 atom stereocenters. The van der Waals surface area contributed by atoms with Gasteiger partial charge in [0.15, 0.2) is 5.76 Å². The summed E-state index contributed by atoms with van der Waals surface area (Å²) in [7, 11) is 0. The highest BCUT2D eigenvalue weighted by Crippen LogP contribution is 2.04. The molecule has 0 aliphatic carbocycles. The van der Waals surface area contributed by atoms with Crippen LogP contribution in [0.2, 0.25) is 0 Å². The van der Waals surface area contributed by atoms with Crippen LogP contribution in [0.25, 0.3) is 0 Å². The van der Waals surface area contributed by atoms with E-state index in [9.17, 15) is 19.2 Å². The molecule has 8 nitrogen and oxygen atoms in total. The molecule has 0 aromatic carbocycles. The van der Waals surface area contributed by atoms with Crippen LogP contribution in [-0.2, 0) is 23.9 Å². The van der Waals surface area contributed by atoms with Gasteiger partial charge in [0, 0.05) is 25.1 Å². The standard InChI is InChI=1S/C14H17N3O5/c1-4-22-9(2)14(21)16-10(3)15-11(18)7-8-17-12(19)5-6-13(17)20/h5-6H,2-4,7-8H2,1H3,(H,15,18)(H,16,21). The minimum Gasteiger partial charge on any atom is -0.489 e. The van der Waals surface area contributed by atoms with Crippen LogP contribution in [0, 0.1) is 0 Å². The average molecular weight is 307 g/mol. The van der Waals surface area contributed by atoms with Crippen molar-refractivity contribution in [3.63, 3.8) is 0 Å². The Kier molecular flexibility index (Phi) is 6.06. The molecule has 1 aliphatic rings. The molecule has 1 rings (SSSR count). The van der Waals surface area contributed by atoms with Gasteiger partial charge in [-0.15, -0.1) is 0 Å². The molecule has 0 fully saturated rings. The lowest BCUT2D eigenvalue weighted by Crippen LogP contribution is -2.38. The van der Waals surface area contributed by atoms with Crippen molar-refractivity contribution in [1.29, 1.82) is 0 Å². The molecule has 2 N–H and O–H groups in total. The summed E-state index contributed by atoms with van der Waals surface area (Å²) in [6.45, 7) is 8.81. The number of imide groups is 1. The Morgan fingerprint density at radius 2 is 1.77 bits per heavy atom. The fourth-order valence-electron chi connectivity index (χ4n) is 1.57. The van der Waals surface area contributed by atoms with Crippen LogP contribution in [-0.4, -0.2) is 41.7 Å². The zero-order chi connectivity index (χ0) is 16.7. The van der Waals surface area contributed by atoms with E-state index < -0.39 is 23.6 Å². The summed E-state index contributed by atoms with van der Waals surface area (Å²) in [5, 5.41) is 4.62. The summed E-state index contributed by atoms with van der Waals surface area (Å²) in [6, 6.07) is 0. The minimum atomic E-state index is -0.624. The van der Waals surface area contributed by atoms with Gasteiger partial charge in [-0.05, 0) is 6.92 Å². The Morgan fingerprint density at radius 1 is 1.18 bits per heavy atom. The number of carbonyl (C=O) groups is 4. The van der Waals surface area contributed by atoms with Gasteiger partial charge >= 0.3 is 0 Å². The van der Waals surface area contributed by atoms with Crippen LogP contribution in [0.1, 0.15) is 13.3 Å². The van der Waals surface area contributed by atoms with E-state index in [1.165, 1.54) is 0 Å². The average Bonchev–Trinajstić information content (AvgIpc) is 2.75. The maximum absolute atomic E-state index is 11.7. The van der Waals surface area contributed by atoms with Crippen molar-refractivity contribution in [1.82, 2.24) is 15.5 Å². The third-order valence-corrected chi connectivity index (χ3v) is 2.59. The topological polar surface area (TPSA) is 105 Å². The van der Waals surface area contributed by atoms with E-state index in [4.69, 9.17) is 4.74 Å². The van der Waals surface area contributed by atoms with Gasteiger partial charge in [0.05, 0.1) is 6.61 Å². The molecular formula is C14H17N3O5. The fraction of sp³-hybridized carbons (Fsp3) is 0.286. The van der Waals surface area contributed by atoms with Crippen LogP contribution in [0.3, 0.4) is 0 Å². The molecule has 22 heavy (non-hydrogen) atoms. The van der Waals surface area contributed by atoms with Crippen molar-refractivity contribution in [3.05, 3.63) is 36.9 Å². The van der Waals surface area contributed by atoms with Gasteiger partial charge in [-0.3, -0.25) is 24.1 Å². The van der Waals surface area contributed by atoms with E-state index >= 15 is 0 Å². The lowest BCUT2D eigenvalue weighted by Gasteiger charge is -2.14. The van der Waals surface area contributed by atoms with Crippen molar-refractivity contribution >= 4 is 23.6 Å². The lowest BCUT2D eigenvalue weighted by molar-refractivity contribution is -0.137. The predicted octanol–water partition coefficient (Wildman–Crippen LogP) is -0.445. The summed E-state index contributed by atoms with van der Waals surface area (Å²) in [5.74, 6) is -2.19. The highest BCUT2D eigenvalue weighted by Gasteiger charge is 2.23. The molecule has 4 amide bonds. The van der Waals surface area contributed by atoms with Crippen molar-refractivity contribution < 1.29 is 23.9 Å². The Labute approximate surface area is 127 Å². The quantitative estimate of drug-likeness (QED) is 0.359. The first-order chi connectivity index (χ1) is 10.3. The molecular weight excluding hydrogens is 290 g/mol. The molecule has 0 saturated carbocycles. The van der Waals surface area contributed by atoms with Crippen LogP contribution in [0.15, 0.2) is 36.9 Å². The summed E-state index contributed by atoms with van der Waals surface area (Å²) in [6.07, 6.45) is 2.16. The number of ether oxygens (including phenoxy) is 1. The van der Waals surface area contributed by atoms with Gasteiger partial charge < -0.3 is 15.4 Å². The number of carbonyl (C=O) groups excluding carboxylic acids is 4. The monoisotopic (exact) mass is 307 g/mol. The second-order valence-electron chi connectivity index (χ2n) is 4.25. The molecule has 0 aromatic rings.